The van der Waals surface area contributed by atoms with E-state index in [9.17, 15) is 9.90 Å². The van der Waals surface area contributed by atoms with Crippen molar-refractivity contribution in [2.75, 3.05) is 0 Å². The van der Waals surface area contributed by atoms with Gasteiger partial charge in [-0.1, -0.05) is 41.6 Å². The smallest absolute Gasteiger partial charge is 0.255 e. The number of aliphatic hydroxyl groups is 1. The summed E-state index contributed by atoms with van der Waals surface area (Å²) < 4.78 is 4.86. The van der Waals surface area contributed by atoms with Crippen molar-refractivity contribution in [3.8, 4) is 22.5 Å². The zero-order valence-corrected chi connectivity index (χ0v) is 16.5. The number of amides is 1. The highest BCUT2D eigenvalue weighted by molar-refractivity contribution is 6.05. The summed E-state index contributed by atoms with van der Waals surface area (Å²) in [5, 5.41) is 14.7. The molecule has 1 amide bonds. The van der Waals surface area contributed by atoms with E-state index in [0.29, 0.717) is 18.3 Å². The van der Waals surface area contributed by atoms with Crippen LogP contribution in [0.25, 0.3) is 22.5 Å². The molecule has 29 heavy (non-hydrogen) atoms. The molecule has 5 rings (SSSR count). The second-order valence-corrected chi connectivity index (χ2v) is 8.54. The summed E-state index contributed by atoms with van der Waals surface area (Å²) in [4.78, 5) is 19.5. The van der Waals surface area contributed by atoms with Crippen LogP contribution in [0.2, 0.25) is 0 Å². The molecule has 1 unspecified atom stereocenters. The molecule has 148 valence electrons. The fourth-order valence-electron chi connectivity index (χ4n) is 4.60. The number of rotatable bonds is 5. The number of fused-ring (bicyclic) bond motifs is 1. The number of nitrogens with zero attached hydrogens (tertiary/aromatic N) is 3. The van der Waals surface area contributed by atoms with Crippen molar-refractivity contribution >= 4 is 5.91 Å². The molecule has 2 heterocycles. The lowest BCUT2D eigenvalue weighted by molar-refractivity contribution is -0.0224. The maximum absolute atomic E-state index is 13.5. The van der Waals surface area contributed by atoms with Gasteiger partial charge in [0.2, 0.25) is 12.2 Å². The van der Waals surface area contributed by atoms with Crippen molar-refractivity contribution < 1.29 is 14.4 Å². The van der Waals surface area contributed by atoms with Crippen molar-refractivity contribution in [1.29, 1.82) is 0 Å². The molecule has 2 aromatic carbocycles. The molecule has 2 aliphatic rings. The number of hydrogen-bond acceptors (Lipinski definition) is 5. The Kier molecular flexibility index (Phi) is 4.06. The molecule has 1 atom stereocenters. The van der Waals surface area contributed by atoms with Gasteiger partial charge in [-0.15, -0.1) is 0 Å². The SMILES string of the molecule is CC(C)(O)C(C1CC1)N1Cc2cccc(-c3cccc(-c4ncon4)c3)c2C1=O. The number of benzene rings is 2. The minimum atomic E-state index is -0.933. The Morgan fingerprint density at radius 2 is 1.93 bits per heavy atom. The lowest BCUT2D eigenvalue weighted by Crippen LogP contribution is -2.51. The van der Waals surface area contributed by atoms with E-state index >= 15 is 0 Å². The van der Waals surface area contributed by atoms with Gasteiger partial charge in [0.05, 0.1) is 17.2 Å². The first-order valence-electron chi connectivity index (χ1n) is 9.96. The lowest BCUT2D eigenvalue weighted by Gasteiger charge is -2.37. The van der Waals surface area contributed by atoms with Crippen LogP contribution in [0.5, 0.6) is 0 Å². The van der Waals surface area contributed by atoms with E-state index in [-0.39, 0.29) is 11.9 Å². The lowest BCUT2D eigenvalue weighted by atomic mass is 9.92. The van der Waals surface area contributed by atoms with Crippen LogP contribution in [-0.4, -0.2) is 37.7 Å². The van der Waals surface area contributed by atoms with Crippen molar-refractivity contribution in [2.24, 2.45) is 5.92 Å². The topological polar surface area (TPSA) is 79.5 Å². The van der Waals surface area contributed by atoms with Crippen LogP contribution in [0.3, 0.4) is 0 Å². The predicted octanol–water partition coefficient (Wildman–Crippen LogP) is 3.91. The molecule has 6 heteroatoms. The Morgan fingerprint density at radius 3 is 2.62 bits per heavy atom. The molecule has 1 fully saturated rings. The molecule has 1 aliphatic heterocycles. The van der Waals surface area contributed by atoms with Crippen molar-refractivity contribution in [3.63, 3.8) is 0 Å². The first kappa shape index (κ1) is 18.1. The fraction of sp³-hybridized carbons (Fsp3) is 0.348. The highest BCUT2D eigenvalue weighted by atomic mass is 16.5. The minimum absolute atomic E-state index is 0.000380. The summed E-state index contributed by atoms with van der Waals surface area (Å²) in [5.74, 6) is 0.890. The minimum Gasteiger partial charge on any atom is -0.388 e. The third-order valence-electron chi connectivity index (χ3n) is 5.89. The highest BCUT2D eigenvalue weighted by Gasteiger charge is 2.48. The standard InChI is InChI=1S/C23H23N3O3/c1-23(2,28)20(14-9-10-14)26-12-17-7-4-8-18(19(17)22(26)27)15-5-3-6-16(11-15)21-24-13-29-25-21/h3-8,11,13-14,20,28H,9-10,12H2,1-2H3. The maximum atomic E-state index is 13.5. The van der Waals surface area contributed by atoms with E-state index in [2.05, 4.69) is 10.1 Å². The second kappa shape index (κ2) is 6.52. The molecule has 1 saturated carbocycles. The predicted molar refractivity (Wildman–Crippen MR) is 108 cm³/mol. The Bertz CT molecular complexity index is 1070. The Hall–Kier alpha value is -2.99. The summed E-state index contributed by atoms with van der Waals surface area (Å²) in [5.41, 5.74) is 3.47. The van der Waals surface area contributed by atoms with Gasteiger partial charge in [0, 0.05) is 12.1 Å². The molecule has 3 aromatic rings. The monoisotopic (exact) mass is 389 g/mol. The van der Waals surface area contributed by atoms with Crippen molar-refractivity contribution in [3.05, 3.63) is 60.0 Å². The van der Waals surface area contributed by atoms with E-state index in [4.69, 9.17) is 4.52 Å². The van der Waals surface area contributed by atoms with Crippen molar-refractivity contribution in [1.82, 2.24) is 15.0 Å². The third kappa shape index (κ3) is 3.13. The summed E-state index contributed by atoms with van der Waals surface area (Å²) in [6, 6.07) is 13.6. The van der Waals surface area contributed by atoms with Gasteiger partial charge in [-0.25, -0.2) is 0 Å². The Labute approximate surface area is 169 Å². The van der Waals surface area contributed by atoms with E-state index < -0.39 is 5.60 Å². The van der Waals surface area contributed by atoms with E-state index in [1.807, 2.05) is 61.2 Å². The number of aromatic nitrogens is 2. The molecular formula is C23H23N3O3. The van der Waals surface area contributed by atoms with Gasteiger partial charge in [0.1, 0.15) is 0 Å². The van der Waals surface area contributed by atoms with Crippen LogP contribution in [0.1, 0.15) is 42.6 Å². The summed E-state index contributed by atoms with van der Waals surface area (Å²) in [6.45, 7) is 4.15. The summed E-state index contributed by atoms with van der Waals surface area (Å²) >= 11 is 0. The molecule has 0 spiro atoms. The first-order valence-corrected chi connectivity index (χ1v) is 9.96. The quantitative estimate of drug-likeness (QED) is 0.716. The van der Waals surface area contributed by atoms with Crippen LogP contribution in [0.15, 0.2) is 53.4 Å². The molecule has 1 N–H and O–H groups in total. The molecular weight excluding hydrogens is 366 g/mol. The number of carbonyl (C=O) groups excluding carboxylic acids is 1. The van der Waals surface area contributed by atoms with Crippen LogP contribution in [0.4, 0.5) is 0 Å². The fourth-order valence-corrected chi connectivity index (χ4v) is 4.60. The van der Waals surface area contributed by atoms with Crippen LogP contribution in [-0.2, 0) is 6.54 Å². The largest absolute Gasteiger partial charge is 0.388 e. The van der Waals surface area contributed by atoms with Crippen LogP contribution in [0, 0.1) is 5.92 Å². The molecule has 1 aliphatic carbocycles. The third-order valence-corrected chi connectivity index (χ3v) is 5.89. The second-order valence-electron chi connectivity index (χ2n) is 8.54. The highest BCUT2D eigenvalue weighted by Crippen LogP contribution is 2.44. The van der Waals surface area contributed by atoms with Crippen LogP contribution >= 0.6 is 0 Å². The van der Waals surface area contributed by atoms with Gasteiger partial charge < -0.3 is 14.5 Å². The number of hydrogen-bond donors (Lipinski definition) is 1. The van der Waals surface area contributed by atoms with Gasteiger partial charge in [-0.2, -0.15) is 4.98 Å². The first-order chi connectivity index (χ1) is 13.9. The van der Waals surface area contributed by atoms with E-state index in [1.165, 1.54) is 6.39 Å². The normalized spacial score (nSPS) is 17.5. The zero-order chi connectivity index (χ0) is 20.2. The number of carbonyl (C=O) groups is 1. The van der Waals surface area contributed by atoms with E-state index in [0.717, 1.165) is 40.7 Å². The van der Waals surface area contributed by atoms with Crippen molar-refractivity contribution in [2.45, 2.75) is 44.9 Å². The molecule has 6 nitrogen and oxygen atoms in total. The van der Waals surface area contributed by atoms with Crippen LogP contribution < -0.4 is 0 Å². The average molecular weight is 389 g/mol. The Balaban J connectivity index is 1.55. The molecule has 0 saturated heterocycles. The van der Waals surface area contributed by atoms with Gasteiger partial charge in [-0.3, -0.25) is 4.79 Å². The summed E-state index contributed by atoms with van der Waals surface area (Å²) in [6.07, 6.45) is 3.43. The van der Waals surface area contributed by atoms with Gasteiger partial charge in [-0.05, 0) is 55.4 Å². The van der Waals surface area contributed by atoms with Gasteiger partial charge in [0.25, 0.3) is 5.91 Å². The molecule has 1 aromatic heterocycles. The zero-order valence-electron chi connectivity index (χ0n) is 16.5. The van der Waals surface area contributed by atoms with Gasteiger partial charge in [0.15, 0.2) is 0 Å². The Morgan fingerprint density at radius 1 is 1.17 bits per heavy atom. The molecule has 0 bridgehead atoms. The van der Waals surface area contributed by atoms with Gasteiger partial charge >= 0.3 is 0 Å². The molecule has 0 radical (unpaired) electrons. The maximum Gasteiger partial charge on any atom is 0.255 e. The summed E-state index contributed by atoms with van der Waals surface area (Å²) in [7, 11) is 0. The van der Waals surface area contributed by atoms with E-state index in [1.54, 1.807) is 0 Å². The average Bonchev–Trinajstić information content (AvgIpc) is 3.24.